The number of hydrogen-bond donors (Lipinski definition) is 1. The topological polar surface area (TPSA) is 102 Å². The van der Waals surface area contributed by atoms with Crippen LogP contribution in [0.2, 0.25) is 0 Å². The van der Waals surface area contributed by atoms with Gasteiger partial charge in [0.2, 0.25) is 5.91 Å². The predicted octanol–water partition coefficient (Wildman–Crippen LogP) is 3.64. The molecule has 34 heavy (non-hydrogen) atoms. The van der Waals surface area contributed by atoms with Crippen LogP contribution < -0.4 is 10.4 Å². The molecule has 4 aromatic rings. The first-order chi connectivity index (χ1) is 16.5. The van der Waals surface area contributed by atoms with Crippen molar-refractivity contribution in [3.63, 3.8) is 0 Å². The lowest BCUT2D eigenvalue weighted by molar-refractivity contribution is -0.119. The Kier molecular flexibility index (Phi) is 4.88. The van der Waals surface area contributed by atoms with E-state index in [1.165, 1.54) is 12.8 Å². The first-order valence-corrected chi connectivity index (χ1v) is 11.8. The molecule has 6 rings (SSSR count). The van der Waals surface area contributed by atoms with E-state index in [0.717, 1.165) is 51.6 Å². The van der Waals surface area contributed by atoms with Crippen molar-refractivity contribution < 1.29 is 4.79 Å². The molecule has 1 aliphatic heterocycles. The summed E-state index contributed by atoms with van der Waals surface area (Å²) >= 11 is 0. The van der Waals surface area contributed by atoms with E-state index in [-0.39, 0.29) is 11.8 Å². The van der Waals surface area contributed by atoms with E-state index in [4.69, 9.17) is 4.98 Å². The number of rotatable bonds is 6. The fourth-order valence-electron chi connectivity index (χ4n) is 4.58. The van der Waals surface area contributed by atoms with Gasteiger partial charge in [0.1, 0.15) is 29.2 Å². The van der Waals surface area contributed by atoms with Crippen LogP contribution in [0.3, 0.4) is 0 Å². The maximum atomic E-state index is 12.9. The fraction of sp³-hybridized carbons (Fsp3) is 0.360. The molecule has 1 saturated carbocycles. The zero-order valence-electron chi connectivity index (χ0n) is 19.5. The number of imidazole rings is 1. The van der Waals surface area contributed by atoms with E-state index in [9.17, 15) is 4.79 Å². The molecule has 1 amide bonds. The van der Waals surface area contributed by atoms with Crippen LogP contribution in [0.25, 0.3) is 33.8 Å². The number of fused-ring (bicyclic) bond motifs is 2. The largest absolute Gasteiger partial charge is 0.309 e. The number of hydrazine groups is 1. The minimum absolute atomic E-state index is 0.0811. The summed E-state index contributed by atoms with van der Waals surface area (Å²) in [5, 5.41) is 1.72. The molecule has 1 N–H and O–H groups in total. The number of nitrogens with one attached hydrogen (secondary N) is 1. The average molecular weight is 455 g/mol. The number of aromatic nitrogens is 6. The van der Waals surface area contributed by atoms with Crippen molar-refractivity contribution in [3.8, 4) is 22.6 Å². The van der Waals surface area contributed by atoms with Crippen LogP contribution in [-0.2, 0) is 11.3 Å². The maximum Gasteiger partial charge on any atom is 0.248 e. The molecule has 0 saturated heterocycles. The molecule has 2 aliphatic rings. The smallest absolute Gasteiger partial charge is 0.248 e. The second kappa shape index (κ2) is 7.95. The van der Waals surface area contributed by atoms with Crippen molar-refractivity contribution in [1.82, 2.24) is 34.9 Å². The molecule has 1 atom stereocenters. The van der Waals surface area contributed by atoms with E-state index in [1.54, 1.807) is 23.7 Å². The number of benzene rings is 1. The SMILES string of the molecule is CCn1c(-c2cnc(C)nc2)nc2c(-c3ccc4c(c3)C(C)C(=O)N4NCC3CC3)ncnc21. The summed E-state index contributed by atoms with van der Waals surface area (Å²) in [4.78, 5) is 35.7. The zero-order chi connectivity index (χ0) is 23.4. The van der Waals surface area contributed by atoms with E-state index >= 15 is 0 Å². The van der Waals surface area contributed by atoms with Crippen molar-refractivity contribution in [3.05, 3.63) is 48.3 Å². The highest BCUT2D eigenvalue weighted by molar-refractivity contribution is 6.04. The quantitative estimate of drug-likeness (QED) is 0.474. The Labute approximate surface area is 197 Å². The molecule has 0 bridgehead atoms. The van der Waals surface area contributed by atoms with Crippen LogP contribution in [0.4, 0.5) is 5.69 Å². The zero-order valence-corrected chi connectivity index (χ0v) is 19.5. The summed E-state index contributed by atoms with van der Waals surface area (Å²) < 4.78 is 2.05. The third-order valence-corrected chi connectivity index (χ3v) is 6.72. The molecule has 4 heterocycles. The lowest BCUT2D eigenvalue weighted by Crippen LogP contribution is -2.42. The first-order valence-electron chi connectivity index (χ1n) is 11.8. The Balaban J connectivity index is 1.43. The van der Waals surface area contributed by atoms with E-state index in [0.29, 0.717) is 18.3 Å². The first kappa shape index (κ1) is 20.9. The van der Waals surface area contributed by atoms with Crippen LogP contribution >= 0.6 is 0 Å². The number of aryl methyl sites for hydroxylation is 2. The second-order valence-electron chi connectivity index (χ2n) is 9.07. The van der Waals surface area contributed by atoms with Crippen LogP contribution in [0, 0.1) is 12.8 Å². The highest BCUT2D eigenvalue weighted by Gasteiger charge is 2.36. The van der Waals surface area contributed by atoms with Gasteiger partial charge in [-0.3, -0.25) is 4.79 Å². The summed E-state index contributed by atoms with van der Waals surface area (Å²) in [7, 11) is 0. The van der Waals surface area contributed by atoms with Gasteiger partial charge in [0.15, 0.2) is 5.65 Å². The number of amides is 1. The molecule has 0 radical (unpaired) electrons. The van der Waals surface area contributed by atoms with Gasteiger partial charge in [-0.05, 0) is 57.2 Å². The molecule has 1 aromatic carbocycles. The lowest BCUT2D eigenvalue weighted by atomic mass is 9.99. The predicted molar refractivity (Wildman–Crippen MR) is 129 cm³/mol. The Morgan fingerprint density at radius 1 is 1.09 bits per heavy atom. The molecule has 172 valence electrons. The summed E-state index contributed by atoms with van der Waals surface area (Å²) in [6.07, 6.45) is 7.62. The van der Waals surface area contributed by atoms with Crippen molar-refractivity contribution in [1.29, 1.82) is 0 Å². The van der Waals surface area contributed by atoms with Gasteiger partial charge in [-0.25, -0.2) is 35.4 Å². The number of nitrogens with zero attached hydrogens (tertiary/aromatic N) is 7. The Morgan fingerprint density at radius 2 is 1.88 bits per heavy atom. The highest BCUT2D eigenvalue weighted by atomic mass is 16.2. The molecule has 1 unspecified atom stereocenters. The van der Waals surface area contributed by atoms with Gasteiger partial charge in [0.25, 0.3) is 0 Å². The van der Waals surface area contributed by atoms with Crippen molar-refractivity contribution in [2.45, 2.75) is 46.1 Å². The summed E-state index contributed by atoms with van der Waals surface area (Å²) in [5.41, 5.74) is 9.25. The normalized spacial score (nSPS) is 17.6. The van der Waals surface area contributed by atoms with Crippen molar-refractivity contribution in [2.75, 3.05) is 11.6 Å². The second-order valence-corrected chi connectivity index (χ2v) is 9.07. The van der Waals surface area contributed by atoms with Crippen LogP contribution in [0.5, 0.6) is 0 Å². The minimum atomic E-state index is -0.215. The summed E-state index contributed by atoms with van der Waals surface area (Å²) in [6.45, 7) is 7.42. The lowest BCUT2D eigenvalue weighted by Gasteiger charge is -2.19. The van der Waals surface area contributed by atoms with Crippen molar-refractivity contribution in [2.24, 2.45) is 5.92 Å². The van der Waals surface area contributed by atoms with Gasteiger partial charge in [-0.1, -0.05) is 6.07 Å². The number of carbonyl (C=O) groups is 1. The fourth-order valence-corrected chi connectivity index (χ4v) is 4.58. The van der Waals surface area contributed by atoms with Gasteiger partial charge in [0.05, 0.1) is 17.2 Å². The molecular formula is C25H26N8O. The molecule has 1 fully saturated rings. The van der Waals surface area contributed by atoms with Crippen LogP contribution in [-0.4, -0.2) is 41.9 Å². The Bertz CT molecular complexity index is 1410. The molecule has 9 nitrogen and oxygen atoms in total. The molecule has 9 heteroatoms. The number of hydrogen-bond acceptors (Lipinski definition) is 7. The minimum Gasteiger partial charge on any atom is -0.309 e. The van der Waals surface area contributed by atoms with Crippen LogP contribution in [0.1, 0.15) is 44.0 Å². The van der Waals surface area contributed by atoms with E-state index in [1.807, 2.05) is 26.0 Å². The van der Waals surface area contributed by atoms with Gasteiger partial charge >= 0.3 is 0 Å². The average Bonchev–Trinajstić information content (AvgIpc) is 3.56. The van der Waals surface area contributed by atoms with Gasteiger partial charge in [-0.2, -0.15) is 0 Å². The standard InChI is InChI=1S/C25H26N8O/c1-4-32-23(18-11-26-15(3)27-12-18)31-22-21(28-13-29-24(22)32)17-7-8-20-19(9-17)14(2)25(34)33(20)30-10-16-5-6-16/h7-9,11-14,16,30H,4-6,10H2,1-3H3. The monoisotopic (exact) mass is 454 g/mol. The van der Waals surface area contributed by atoms with Crippen molar-refractivity contribution >= 4 is 22.8 Å². The van der Waals surface area contributed by atoms with E-state index < -0.39 is 0 Å². The van der Waals surface area contributed by atoms with E-state index in [2.05, 4.69) is 42.9 Å². The Morgan fingerprint density at radius 3 is 2.62 bits per heavy atom. The molecular weight excluding hydrogens is 428 g/mol. The molecule has 1 aliphatic carbocycles. The van der Waals surface area contributed by atoms with Gasteiger partial charge < -0.3 is 4.57 Å². The molecule has 0 spiro atoms. The Hall–Kier alpha value is -3.72. The number of anilines is 1. The third-order valence-electron chi connectivity index (χ3n) is 6.72. The maximum absolute atomic E-state index is 12.9. The third kappa shape index (κ3) is 3.35. The highest BCUT2D eigenvalue weighted by Crippen LogP contribution is 2.40. The van der Waals surface area contributed by atoms with Gasteiger partial charge in [0, 0.05) is 31.0 Å². The summed E-state index contributed by atoms with van der Waals surface area (Å²) in [6, 6.07) is 6.08. The number of carbonyl (C=O) groups excluding carboxylic acids is 1. The summed E-state index contributed by atoms with van der Waals surface area (Å²) in [5.74, 6) is 2.03. The van der Waals surface area contributed by atoms with Crippen LogP contribution in [0.15, 0.2) is 36.9 Å². The molecule has 3 aromatic heterocycles. The van der Waals surface area contributed by atoms with Gasteiger partial charge in [-0.15, -0.1) is 0 Å².